The Bertz CT molecular complexity index is 666. The summed E-state index contributed by atoms with van der Waals surface area (Å²) in [4.78, 5) is 11.8. The number of anilines is 2. The molecule has 4 nitrogen and oxygen atoms in total. The van der Waals surface area contributed by atoms with Crippen LogP contribution in [0.5, 0.6) is 5.75 Å². The summed E-state index contributed by atoms with van der Waals surface area (Å²) in [5.74, 6) is -5.48. The highest BCUT2D eigenvalue weighted by atomic mass is 19.2. The third kappa shape index (κ3) is 2.66. The number of phenolic OH excluding ortho intramolecular Hbond substituents is 1. The summed E-state index contributed by atoms with van der Waals surface area (Å²) >= 11 is 0. The maximum atomic E-state index is 13.0. The lowest BCUT2D eigenvalue weighted by Gasteiger charge is -2.07. The van der Waals surface area contributed by atoms with E-state index in [2.05, 4.69) is 5.32 Å². The van der Waals surface area contributed by atoms with E-state index in [4.69, 9.17) is 5.73 Å². The van der Waals surface area contributed by atoms with E-state index in [-0.39, 0.29) is 22.7 Å². The van der Waals surface area contributed by atoms with Gasteiger partial charge in [-0.1, -0.05) is 0 Å². The van der Waals surface area contributed by atoms with Crippen LogP contribution in [0.25, 0.3) is 0 Å². The molecule has 0 atom stereocenters. The van der Waals surface area contributed by atoms with Gasteiger partial charge in [-0.15, -0.1) is 0 Å². The molecule has 0 saturated carbocycles. The number of amides is 1. The Balaban J connectivity index is 2.25. The predicted octanol–water partition coefficient (Wildman–Crippen LogP) is 2.64. The normalized spacial score (nSPS) is 10.3. The zero-order chi connectivity index (χ0) is 14.9. The van der Waals surface area contributed by atoms with Crippen molar-refractivity contribution < 1.29 is 23.1 Å². The minimum absolute atomic E-state index is 0.0295. The Morgan fingerprint density at radius 2 is 1.70 bits per heavy atom. The van der Waals surface area contributed by atoms with Crippen molar-refractivity contribution in [2.75, 3.05) is 11.1 Å². The van der Waals surface area contributed by atoms with Crippen molar-refractivity contribution in [2.24, 2.45) is 0 Å². The van der Waals surface area contributed by atoms with E-state index in [0.29, 0.717) is 12.1 Å². The summed E-state index contributed by atoms with van der Waals surface area (Å²) in [6, 6.07) is 5.01. The molecule has 0 aromatic heterocycles. The van der Waals surface area contributed by atoms with Crippen molar-refractivity contribution in [1.82, 2.24) is 0 Å². The van der Waals surface area contributed by atoms with Gasteiger partial charge < -0.3 is 16.2 Å². The van der Waals surface area contributed by atoms with Gasteiger partial charge in [-0.3, -0.25) is 4.79 Å². The van der Waals surface area contributed by atoms with E-state index in [1.54, 1.807) is 0 Å². The second-order valence-corrected chi connectivity index (χ2v) is 3.98. The minimum atomic E-state index is -1.62. The van der Waals surface area contributed by atoms with Crippen LogP contribution in [-0.2, 0) is 0 Å². The Kier molecular flexibility index (Phi) is 3.51. The van der Waals surface area contributed by atoms with Crippen LogP contribution >= 0.6 is 0 Å². The Hall–Kier alpha value is -2.70. The minimum Gasteiger partial charge on any atom is -0.506 e. The maximum Gasteiger partial charge on any atom is 0.255 e. The molecule has 0 radical (unpaired) electrons. The number of rotatable bonds is 2. The van der Waals surface area contributed by atoms with Gasteiger partial charge in [-0.05, 0) is 18.2 Å². The second-order valence-electron chi connectivity index (χ2n) is 3.98. The molecule has 4 N–H and O–H groups in total. The van der Waals surface area contributed by atoms with Crippen LogP contribution in [0.1, 0.15) is 10.4 Å². The molecule has 0 unspecified atom stereocenters. The first-order valence-corrected chi connectivity index (χ1v) is 5.43. The molecule has 0 aliphatic rings. The standard InChI is InChI=1S/C13H9F3N2O2/c14-8-4-7(5-9(15)12(8)16)18-13(20)6-1-2-10(17)11(19)3-6/h1-5,19H,17H2,(H,18,20). The SMILES string of the molecule is Nc1ccc(C(=O)Nc2cc(F)c(F)c(F)c2)cc1O. The van der Waals surface area contributed by atoms with E-state index in [9.17, 15) is 23.1 Å². The van der Waals surface area contributed by atoms with Crippen molar-refractivity contribution in [3.63, 3.8) is 0 Å². The van der Waals surface area contributed by atoms with E-state index in [1.807, 2.05) is 0 Å². The third-order valence-electron chi connectivity index (χ3n) is 2.53. The molecule has 0 aliphatic carbocycles. The van der Waals surface area contributed by atoms with Gasteiger partial charge >= 0.3 is 0 Å². The maximum absolute atomic E-state index is 13.0. The fourth-order valence-corrected chi connectivity index (χ4v) is 1.52. The van der Waals surface area contributed by atoms with Crippen LogP contribution in [0, 0.1) is 17.5 Å². The van der Waals surface area contributed by atoms with E-state index in [1.165, 1.54) is 12.1 Å². The number of carbonyl (C=O) groups is 1. The number of hydrogen-bond acceptors (Lipinski definition) is 3. The highest BCUT2D eigenvalue weighted by Gasteiger charge is 2.13. The van der Waals surface area contributed by atoms with Crippen LogP contribution in [0.15, 0.2) is 30.3 Å². The first-order valence-electron chi connectivity index (χ1n) is 5.43. The van der Waals surface area contributed by atoms with Crippen LogP contribution in [0.3, 0.4) is 0 Å². The largest absolute Gasteiger partial charge is 0.506 e. The molecule has 104 valence electrons. The zero-order valence-electron chi connectivity index (χ0n) is 9.95. The lowest BCUT2D eigenvalue weighted by Crippen LogP contribution is -2.12. The molecule has 0 aliphatic heterocycles. The molecule has 2 rings (SSSR count). The number of aromatic hydroxyl groups is 1. The zero-order valence-corrected chi connectivity index (χ0v) is 9.95. The molecule has 2 aromatic carbocycles. The van der Waals surface area contributed by atoms with Gasteiger partial charge in [-0.2, -0.15) is 0 Å². The van der Waals surface area contributed by atoms with Crippen molar-refractivity contribution in [3.8, 4) is 5.75 Å². The lowest BCUT2D eigenvalue weighted by atomic mass is 10.1. The Labute approximate surface area is 111 Å². The Morgan fingerprint density at radius 3 is 2.25 bits per heavy atom. The second kappa shape index (κ2) is 5.12. The topological polar surface area (TPSA) is 75.4 Å². The molecular weight excluding hydrogens is 273 g/mol. The van der Waals surface area contributed by atoms with Crippen molar-refractivity contribution in [1.29, 1.82) is 0 Å². The van der Waals surface area contributed by atoms with E-state index in [0.717, 1.165) is 6.07 Å². The summed E-state index contributed by atoms with van der Waals surface area (Å²) in [5, 5.41) is 11.5. The highest BCUT2D eigenvalue weighted by Crippen LogP contribution is 2.22. The average molecular weight is 282 g/mol. The summed E-state index contributed by atoms with van der Waals surface area (Å²) < 4.78 is 38.7. The van der Waals surface area contributed by atoms with Crippen LogP contribution < -0.4 is 11.1 Å². The van der Waals surface area contributed by atoms with Crippen molar-refractivity contribution in [2.45, 2.75) is 0 Å². The molecular formula is C13H9F3N2O2. The van der Waals surface area contributed by atoms with Gasteiger partial charge in [0.05, 0.1) is 5.69 Å². The van der Waals surface area contributed by atoms with Crippen molar-refractivity contribution >= 4 is 17.3 Å². The van der Waals surface area contributed by atoms with Gasteiger partial charge in [0.1, 0.15) is 5.75 Å². The molecule has 0 heterocycles. The van der Waals surface area contributed by atoms with Gasteiger partial charge in [0.15, 0.2) is 17.5 Å². The number of nitrogen functional groups attached to an aromatic ring is 1. The molecule has 20 heavy (non-hydrogen) atoms. The molecule has 7 heteroatoms. The van der Waals surface area contributed by atoms with Crippen LogP contribution in [0.4, 0.5) is 24.5 Å². The van der Waals surface area contributed by atoms with Gasteiger partial charge in [0.25, 0.3) is 5.91 Å². The van der Waals surface area contributed by atoms with Crippen molar-refractivity contribution in [3.05, 3.63) is 53.3 Å². The van der Waals surface area contributed by atoms with E-state index < -0.39 is 23.4 Å². The number of benzene rings is 2. The fourth-order valence-electron chi connectivity index (χ4n) is 1.52. The first kappa shape index (κ1) is 13.7. The quantitative estimate of drug-likeness (QED) is 0.450. The number of carbonyl (C=O) groups excluding carboxylic acids is 1. The smallest absolute Gasteiger partial charge is 0.255 e. The lowest BCUT2D eigenvalue weighted by molar-refractivity contribution is 0.102. The number of nitrogens with one attached hydrogen (secondary N) is 1. The van der Waals surface area contributed by atoms with Crippen LogP contribution in [-0.4, -0.2) is 11.0 Å². The average Bonchev–Trinajstić information content (AvgIpc) is 2.39. The Morgan fingerprint density at radius 1 is 1.10 bits per heavy atom. The van der Waals surface area contributed by atoms with E-state index >= 15 is 0 Å². The highest BCUT2D eigenvalue weighted by molar-refractivity contribution is 6.04. The molecule has 1 amide bonds. The third-order valence-corrected chi connectivity index (χ3v) is 2.53. The summed E-state index contributed by atoms with van der Waals surface area (Å²) in [6.07, 6.45) is 0. The fraction of sp³-hybridized carbons (Fsp3) is 0. The molecule has 0 saturated heterocycles. The summed E-state index contributed by atoms with van der Waals surface area (Å²) in [6.45, 7) is 0. The first-order chi connectivity index (χ1) is 9.38. The number of phenols is 1. The molecule has 2 aromatic rings. The number of halogens is 3. The predicted molar refractivity (Wildman–Crippen MR) is 66.8 cm³/mol. The molecule has 0 spiro atoms. The number of hydrogen-bond donors (Lipinski definition) is 3. The molecule has 0 bridgehead atoms. The summed E-state index contributed by atoms with van der Waals surface area (Å²) in [5.41, 5.74) is 5.24. The monoisotopic (exact) mass is 282 g/mol. The summed E-state index contributed by atoms with van der Waals surface area (Å²) in [7, 11) is 0. The molecule has 0 fully saturated rings. The van der Waals surface area contributed by atoms with Gasteiger partial charge in [-0.25, -0.2) is 13.2 Å². The number of nitrogens with two attached hydrogens (primary N) is 1. The van der Waals surface area contributed by atoms with Gasteiger partial charge in [0, 0.05) is 23.4 Å². The van der Waals surface area contributed by atoms with Gasteiger partial charge in [0.2, 0.25) is 0 Å². The van der Waals surface area contributed by atoms with Crippen LogP contribution in [0.2, 0.25) is 0 Å².